The first-order chi connectivity index (χ1) is 13.8. The van der Waals surface area contributed by atoms with Crippen LogP contribution in [0.3, 0.4) is 0 Å². The molecule has 0 bridgehead atoms. The van der Waals surface area contributed by atoms with Gasteiger partial charge >= 0.3 is 17.9 Å². The predicted octanol–water partition coefficient (Wildman–Crippen LogP) is 0.294. The van der Waals surface area contributed by atoms with Crippen LogP contribution in [0.5, 0.6) is 0 Å². The minimum Gasteiger partial charge on any atom is -0.469 e. The van der Waals surface area contributed by atoms with Crippen molar-refractivity contribution in [2.45, 2.75) is 32.1 Å². The quantitative estimate of drug-likeness (QED) is 0.497. The maximum Gasteiger partial charge on any atom is 0.340 e. The Bertz CT molecular complexity index is 898. The molecule has 10 heteroatoms. The standard InChI is InChI=1S/C19H22N2O8/c1-26-12(22)8-11-13(16(23)27-2)19(14(15(20)29-11)17(24)28-3)9-6-4-5-7-10(9)21-18(19)25/h4-8,20H2,1-3H3,(H,21,25). The number of hydrogen-bond acceptors (Lipinski definition) is 9. The molecule has 1 spiro atoms. The molecule has 10 nitrogen and oxygen atoms in total. The smallest absolute Gasteiger partial charge is 0.340 e. The van der Waals surface area contributed by atoms with Gasteiger partial charge in [-0.1, -0.05) is 0 Å². The van der Waals surface area contributed by atoms with Crippen molar-refractivity contribution in [1.29, 1.82) is 0 Å². The highest BCUT2D eigenvalue weighted by molar-refractivity contribution is 6.14. The zero-order valence-corrected chi connectivity index (χ0v) is 16.4. The molecule has 3 rings (SSSR count). The fourth-order valence-corrected chi connectivity index (χ4v) is 4.16. The number of carbonyl (C=O) groups excluding carboxylic acids is 4. The van der Waals surface area contributed by atoms with E-state index in [4.69, 9.17) is 19.9 Å². The van der Waals surface area contributed by atoms with Gasteiger partial charge in [-0.3, -0.25) is 9.59 Å². The van der Waals surface area contributed by atoms with Crippen molar-refractivity contribution in [3.05, 3.63) is 34.1 Å². The first-order valence-corrected chi connectivity index (χ1v) is 9.01. The van der Waals surface area contributed by atoms with Crippen molar-refractivity contribution < 1.29 is 38.1 Å². The summed E-state index contributed by atoms with van der Waals surface area (Å²) in [4.78, 5) is 50.8. The number of allylic oxidation sites excluding steroid dienone is 1. The predicted molar refractivity (Wildman–Crippen MR) is 96.1 cm³/mol. The van der Waals surface area contributed by atoms with Crippen molar-refractivity contribution in [1.82, 2.24) is 5.32 Å². The Kier molecular flexibility index (Phi) is 5.36. The van der Waals surface area contributed by atoms with Gasteiger partial charge in [-0.15, -0.1) is 0 Å². The van der Waals surface area contributed by atoms with Gasteiger partial charge in [0, 0.05) is 5.70 Å². The molecule has 0 saturated carbocycles. The summed E-state index contributed by atoms with van der Waals surface area (Å²) in [6.07, 6.45) is 2.11. The van der Waals surface area contributed by atoms with Crippen LogP contribution in [0.2, 0.25) is 0 Å². The second kappa shape index (κ2) is 7.61. The minimum atomic E-state index is -1.89. The molecular weight excluding hydrogens is 384 g/mol. The Morgan fingerprint density at radius 1 is 1.03 bits per heavy atom. The fourth-order valence-electron chi connectivity index (χ4n) is 4.16. The maximum atomic E-state index is 13.4. The van der Waals surface area contributed by atoms with Gasteiger partial charge < -0.3 is 30.0 Å². The molecule has 1 unspecified atom stereocenters. The van der Waals surface area contributed by atoms with Crippen LogP contribution in [0.25, 0.3) is 0 Å². The lowest BCUT2D eigenvalue weighted by Crippen LogP contribution is -2.47. The second-order valence-corrected chi connectivity index (χ2v) is 6.74. The summed E-state index contributed by atoms with van der Waals surface area (Å²) in [5.74, 6) is -3.83. The van der Waals surface area contributed by atoms with Gasteiger partial charge in [0.1, 0.15) is 28.7 Å². The highest BCUT2D eigenvalue weighted by Crippen LogP contribution is 2.55. The summed E-state index contributed by atoms with van der Waals surface area (Å²) in [6, 6.07) is 0. The van der Waals surface area contributed by atoms with E-state index in [0.29, 0.717) is 24.1 Å². The zero-order valence-electron chi connectivity index (χ0n) is 16.4. The van der Waals surface area contributed by atoms with E-state index in [1.807, 2.05) is 0 Å². The molecule has 0 saturated heterocycles. The van der Waals surface area contributed by atoms with E-state index in [-0.39, 0.29) is 16.9 Å². The van der Waals surface area contributed by atoms with Gasteiger partial charge in [-0.25, -0.2) is 9.59 Å². The largest absolute Gasteiger partial charge is 0.469 e. The summed E-state index contributed by atoms with van der Waals surface area (Å²) in [5.41, 5.74) is 4.71. The average molecular weight is 406 g/mol. The number of ether oxygens (including phenoxy) is 4. The van der Waals surface area contributed by atoms with Crippen LogP contribution in [0, 0.1) is 5.41 Å². The Hall–Kier alpha value is -3.30. The second-order valence-electron chi connectivity index (χ2n) is 6.74. The molecule has 1 amide bonds. The summed E-state index contributed by atoms with van der Waals surface area (Å²) < 4.78 is 19.9. The van der Waals surface area contributed by atoms with E-state index >= 15 is 0 Å². The van der Waals surface area contributed by atoms with E-state index in [1.54, 1.807) is 0 Å². The molecule has 156 valence electrons. The molecule has 3 N–H and O–H groups in total. The van der Waals surface area contributed by atoms with Gasteiger partial charge in [0.2, 0.25) is 11.8 Å². The molecule has 0 fully saturated rings. The summed E-state index contributed by atoms with van der Waals surface area (Å²) in [6.45, 7) is 0. The molecule has 0 radical (unpaired) electrons. The van der Waals surface area contributed by atoms with E-state index in [0.717, 1.165) is 27.1 Å². The van der Waals surface area contributed by atoms with Crippen LogP contribution in [-0.4, -0.2) is 45.1 Å². The van der Waals surface area contributed by atoms with Crippen molar-refractivity contribution in [2.24, 2.45) is 11.1 Å². The fraction of sp³-hybridized carbons (Fsp3) is 0.474. The summed E-state index contributed by atoms with van der Waals surface area (Å²) in [5, 5.41) is 2.77. The SMILES string of the molecule is COC(=O)CC1=C(C(=O)OC)C2(C(=O)NC3=C2CCCC3)C(C(=O)OC)=C(N)O1. The number of carbonyl (C=O) groups is 4. The van der Waals surface area contributed by atoms with E-state index < -0.39 is 41.5 Å². The molecular formula is C19H22N2O8. The lowest BCUT2D eigenvalue weighted by atomic mass is 9.64. The number of amides is 1. The molecule has 0 aromatic rings. The van der Waals surface area contributed by atoms with Crippen molar-refractivity contribution in [2.75, 3.05) is 21.3 Å². The van der Waals surface area contributed by atoms with Crippen molar-refractivity contribution in [3.63, 3.8) is 0 Å². The molecule has 1 atom stereocenters. The highest BCUT2D eigenvalue weighted by Gasteiger charge is 2.63. The maximum absolute atomic E-state index is 13.4. The van der Waals surface area contributed by atoms with Gasteiger partial charge in [-0.05, 0) is 31.3 Å². The van der Waals surface area contributed by atoms with Crippen LogP contribution in [0.1, 0.15) is 32.1 Å². The number of nitrogens with one attached hydrogen (secondary N) is 1. The zero-order chi connectivity index (χ0) is 21.3. The topological polar surface area (TPSA) is 143 Å². The Morgan fingerprint density at radius 2 is 1.66 bits per heavy atom. The average Bonchev–Trinajstić information content (AvgIpc) is 2.99. The molecule has 0 aromatic carbocycles. The molecule has 29 heavy (non-hydrogen) atoms. The van der Waals surface area contributed by atoms with Crippen LogP contribution < -0.4 is 11.1 Å². The van der Waals surface area contributed by atoms with Gasteiger partial charge in [0.25, 0.3) is 0 Å². The van der Waals surface area contributed by atoms with Gasteiger partial charge in [-0.2, -0.15) is 0 Å². The van der Waals surface area contributed by atoms with Crippen LogP contribution in [0.4, 0.5) is 0 Å². The first kappa shape index (κ1) is 20.4. The molecule has 0 aromatic heterocycles. The van der Waals surface area contributed by atoms with Crippen molar-refractivity contribution >= 4 is 23.8 Å². The molecule has 2 heterocycles. The monoisotopic (exact) mass is 406 g/mol. The normalized spacial score (nSPS) is 23.5. The summed E-state index contributed by atoms with van der Waals surface area (Å²) >= 11 is 0. The number of esters is 3. The Morgan fingerprint density at radius 3 is 2.28 bits per heavy atom. The lowest BCUT2D eigenvalue weighted by Gasteiger charge is -2.37. The number of rotatable bonds is 4. The number of hydrogen-bond donors (Lipinski definition) is 2. The number of methoxy groups -OCH3 is 3. The Labute approximate surface area is 166 Å². The third kappa shape index (κ3) is 2.95. The molecule has 2 aliphatic heterocycles. The van der Waals surface area contributed by atoms with Gasteiger partial charge in [0.15, 0.2) is 0 Å². The van der Waals surface area contributed by atoms with Gasteiger partial charge in [0.05, 0.1) is 21.3 Å². The van der Waals surface area contributed by atoms with E-state index in [1.165, 1.54) is 7.11 Å². The molecule has 3 aliphatic rings. The number of fused-ring (bicyclic) bond motifs is 1. The van der Waals surface area contributed by atoms with Crippen LogP contribution in [-0.2, 0) is 38.1 Å². The first-order valence-electron chi connectivity index (χ1n) is 9.01. The molecule has 1 aliphatic carbocycles. The highest BCUT2D eigenvalue weighted by atomic mass is 16.5. The van der Waals surface area contributed by atoms with E-state index in [2.05, 4.69) is 10.1 Å². The lowest BCUT2D eigenvalue weighted by molar-refractivity contribution is -0.143. The third-order valence-electron chi connectivity index (χ3n) is 5.35. The Balaban J connectivity index is 2.37. The minimum absolute atomic E-state index is 0.205. The van der Waals surface area contributed by atoms with Crippen LogP contribution in [0.15, 0.2) is 34.1 Å². The number of nitrogens with two attached hydrogens (primary N) is 1. The van der Waals surface area contributed by atoms with E-state index in [9.17, 15) is 19.2 Å². The summed E-state index contributed by atoms with van der Waals surface area (Å²) in [7, 11) is 3.43. The van der Waals surface area contributed by atoms with Crippen molar-refractivity contribution in [3.8, 4) is 0 Å². The van der Waals surface area contributed by atoms with Crippen LogP contribution >= 0.6 is 0 Å². The third-order valence-corrected chi connectivity index (χ3v) is 5.35.